The van der Waals surface area contributed by atoms with Gasteiger partial charge in [0.25, 0.3) is 5.23 Å². The van der Waals surface area contributed by atoms with Gasteiger partial charge in [0.2, 0.25) is 0 Å². The Kier molecular flexibility index (Phi) is 5.76. The number of thioether (sulfide) groups is 1. The number of para-hydroxylation sites is 1. The average molecular weight is 423 g/mol. The maximum Gasteiger partial charge on any atom is 0.309 e. The molecule has 2 aromatic rings. The van der Waals surface area contributed by atoms with E-state index in [1.54, 1.807) is 19.2 Å². The first-order valence-electron chi connectivity index (χ1n) is 9.40. The fraction of sp³-hybridized carbons (Fsp3) is 0.227. The molecule has 2 aromatic carbocycles. The van der Waals surface area contributed by atoms with Crippen molar-refractivity contribution >= 4 is 34.4 Å². The first-order chi connectivity index (χ1) is 14.6. The maximum atomic E-state index is 11.4. The number of nitrogens with zero attached hydrogens (tertiary/aromatic N) is 3. The first-order valence-corrected chi connectivity index (χ1v) is 10.2. The number of carbonyl (C=O) groups excluding carboxylic acids is 1. The Morgan fingerprint density at radius 1 is 1.13 bits per heavy atom. The lowest BCUT2D eigenvalue weighted by Crippen LogP contribution is -2.15. The number of hydrogen-bond acceptors (Lipinski definition) is 8. The Bertz CT molecular complexity index is 1060. The van der Waals surface area contributed by atoms with E-state index in [1.165, 1.54) is 18.7 Å². The van der Waals surface area contributed by atoms with E-state index in [2.05, 4.69) is 5.10 Å². The lowest BCUT2D eigenvalue weighted by molar-refractivity contribution is -0.132. The molecule has 4 rings (SSSR count). The highest BCUT2D eigenvalue weighted by Gasteiger charge is 2.27. The van der Waals surface area contributed by atoms with E-state index in [-0.39, 0.29) is 5.23 Å². The van der Waals surface area contributed by atoms with Gasteiger partial charge in [0, 0.05) is 19.0 Å². The van der Waals surface area contributed by atoms with Crippen LogP contribution in [0.5, 0.6) is 11.5 Å². The molecule has 30 heavy (non-hydrogen) atoms. The van der Waals surface area contributed by atoms with Crippen molar-refractivity contribution < 1.29 is 19.0 Å². The van der Waals surface area contributed by atoms with Crippen LogP contribution < -0.4 is 14.5 Å². The molecule has 0 amide bonds. The normalized spacial score (nSPS) is 16.6. The van der Waals surface area contributed by atoms with Crippen LogP contribution in [0.3, 0.4) is 0 Å². The van der Waals surface area contributed by atoms with Gasteiger partial charge in [-0.2, -0.15) is 0 Å². The number of benzene rings is 2. The van der Waals surface area contributed by atoms with Gasteiger partial charge in [0.1, 0.15) is 5.03 Å². The quantitative estimate of drug-likeness (QED) is 0.693. The van der Waals surface area contributed by atoms with Crippen LogP contribution in [0.15, 0.2) is 63.7 Å². The van der Waals surface area contributed by atoms with E-state index >= 15 is 0 Å². The summed E-state index contributed by atoms with van der Waals surface area (Å²) >= 11 is 1.29. The summed E-state index contributed by atoms with van der Waals surface area (Å²) in [5, 5.41) is 7.28. The van der Waals surface area contributed by atoms with Crippen molar-refractivity contribution in [2.45, 2.75) is 13.3 Å². The molecule has 0 spiro atoms. The summed E-state index contributed by atoms with van der Waals surface area (Å²) in [5.41, 5.74) is 3.81. The zero-order valence-corrected chi connectivity index (χ0v) is 17.7. The number of hydrazone groups is 1. The Hall–Kier alpha value is -3.26. The third kappa shape index (κ3) is 4.04. The molecule has 0 bridgehead atoms. The van der Waals surface area contributed by atoms with E-state index in [0.717, 1.165) is 34.0 Å². The summed E-state index contributed by atoms with van der Waals surface area (Å²) in [6.07, 6.45) is 2.79. The highest BCUT2D eigenvalue weighted by molar-refractivity contribution is 8.17. The van der Waals surface area contributed by atoms with Crippen molar-refractivity contribution in [2.24, 2.45) is 10.1 Å². The molecule has 2 aliphatic rings. The fourth-order valence-corrected chi connectivity index (χ4v) is 4.15. The standard InChI is InChI=1S/C22H21N3O4S/c1-14(26)29-22-24-25(16-7-5-4-6-8-16)21(30-22)13-18-17-12-20(28-3)19(27-2)11-15(17)9-10-23-18/h4-8,11-13H,9-10H2,1-3H3/b21-13-. The largest absolute Gasteiger partial charge is 0.493 e. The molecule has 0 atom stereocenters. The fourth-order valence-electron chi connectivity index (χ4n) is 3.28. The molecule has 0 unspecified atom stereocenters. The number of allylic oxidation sites excluding steroid dienone is 1. The molecule has 0 aromatic heterocycles. The summed E-state index contributed by atoms with van der Waals surface area (Å²) < 4.78 is 16.1. The van der Waals surface area contributed by atoms with Crippen molar-refractivity contribution in [1.29, 1.82) is 0 Å². The second-order valence-electron chi connectivity index (χ2n) is 6.57. The summed E-state index contributed by atoms with van der Waals surface area (Å²) in [6, 6.07) is 13.6. The van der Waals surface area contributed by atoms with Gasteiger partial charge in [-0.1, -0.05) is 18.2 Å². The molecule has 8 heteroatoms. The van der Waals surface area contributed by atoms with Crippen LogP contribution in [0.1, 0.15) is 18.1 Å². The monoisotopic (exact) mass is 423 g/mol. The van der Waals surface area contributed by atoms with Gasteiger partial charge in [0.15, 0.2) is 11.5 Å². The Morgan fingerprint density at radius 2 is 1.87 bits per heavy atom. The lowest BCUT2D eigenvalue weighted by Gasteiger charge is -2.20. The highest BCUT2D eigenvalue weighted by Crippen LogP contribution is 2.37. The van der Waals surface area contributed by atoms with Crippen molar-refractivity contribution in [1.82, 2.24) is 0 Å². The second-order valence-corrected chi connectivity index (χ2v) is 7.54. The molecule has 0 aliphatic carbocycles. The van der Waals surface area contributed by atoms with Crippen molar-refractivity contribution in [3.63, 3.8) is 0 Å². The van der Waals surface area contributed by atoms with Gasteiger partial charge in [-0.25, -0.2) is 5.01 Å². The molecular weight excluding hydrogens is 402 g/mol. The minimum Gasteiger partial charge on any atom is -0.493 e. The summed E-state index contributed by atoms with van der Waals surface area (Å²) in [6.45, 7) is 2.04. The number of anilines is 1. The van der Waals surface area contributed by atoms with E-state index < -0.39 is 5.97 Å². The Balaban J connectivity index is 1.73. The van der Waals surface area contributed by atoms with E-state index in [9.17, 15) is 4.79 Å². The van der Waals surface area contributed by atoms with Crippen molar-refractivity contribution in [3.8, 4) is 11.5 Å². The van der Waals surface area contributed by atoms with E-state index in [4.69, 9.17) is 19.2 Å². The van der Waals surface area contributed by atoms with Gasteiger partial charge in [0.05, 0.1) is 25.6 Å². The number of hydrogen-bond donors (Lipinski definition) is 0. The zero-order chi connectivity index (χ0) is 21.1. The van der Waals surface area contributed by atoms with Crippen LogP contribution in [0.2, 0.25) is 0 Å². The number of aliphatic imine (C=N–C) groups is 1. The molecular formula is C22H21N3O4S. The zero-order valence-electron chi connectivity index (χ0n) is 16.9. The minimum absolute atomic E-state index is 0.279. The molecule has 0 saturated heterocycles. The molecule has 0 N–H and O–H groups in total. The minimum atomic E-state index is -0.410. The number of rotatable bonds is 4. The molecule has 0 saturated carbocycles. The van der Waals surface area contributed by atoms with Crippen molar-refractivity contribution in [3.05, 3.63) is 64.7 Å². The van der Waals surface area contributed by atoms with Gasteiger partial charge < -0.3 is 14.2 Å². The molecule has 2 aliphatic heterocycles. The van der Waals surface area contributed by atoms with Crippen LogP contribution in [0.4, 0.5) is 5.69 Å². The number of fused-ring (bicyclic) bond motifs is 1. The number of ether oxygens (including phenoxy) is 3. The average Bonchev–Trinajstić information content (AvgIpc) is 3.15. The van der Waals surface area contributed by atoms with Crippen LogP contribution in [-0.2, 0) is 16.0 Å². The Labute approximate surface area is 179 Å². The van der Waals surface area contributed by atoms with Gasteiger partial charge in [-0.05, 0) is 54.1 Å². The van der Waals surface area contributed by atoms with Crippen LogP contribution >= 0.6 is 11.8 Å². The second kappa shape index (κ2) is 8.62. The molecule has 7 nitrogen and oxygen atoms in total. The Morgan fingerprint density at radius 3 is 2.57 bits per heavy atom. The highest BCUT2D eigenvalue weighted by atomic mass is 32.2. The molecule has 0 fully saturated rings. The SMILES string of the molecule is COc1cc2c(cc1OC)C(/C=C1\SC(OC(C)=O)=NN1c1ccccc1)=NCC2. The first kappa shape index (κ1) is 20.0. The summed E-state index contributed by atoms with van der Waals surface area (Å²) in [5.74, 6) is 0.944. The lowest BCUT2D eigenvalue weighted by atomic mass is 9.96. The summed E-state index contributed by atoms with van der Waals surface area (Å²) in [7, 11) is 3.25. The maximum absolute atomic E-state index is 11.4. The van der Waals surface area contributed by atoms with Gasteiger partial charge >= 0.3 is 5.97 Å². The molecule has 2 heterocycles. The number of methoxy groups -OCH3 is 2. The summed E-state index contributed by atoms with van der Waals surface area (Å²) in [4.78, 5) is 16.2. The van der Waals surface area contributed by atoms with Crippen LogP contribution in [-0.4, -0.2) is 37.7 Å². The van der Waals surface area contributed by atoms with Crippen LogP contribution in [0.25, 0.3) is 0 Å². The molecule has 154 valence electrons. The molecule has 0 radical (unpaired) electrons. The van der Waals surface area contributed by atoms with Gasteiger partial charge in [-0.15, -0.1) is 5.10 Å². The third-order valence-corrected chi connectivity index (χ3v) is 5.46. The third-order valence-electron chi connectivity index (χ3n) is 4.62. The smallest absolute Gasteiger partial charge is 0.309 e. The van der Waals surface area contributed by atoms with Gasteiger partial charge in [-0.3, -0.25) is 9.79 Å². The predicted molar refractivity (Wildman–Crippen MR) is 118 cm³/mol. The van der Waals surface area contributed by atoms with Crippen LogP contribution in [0, 0.1) is 0 Å². The number of esters is 1. The van der Waals surface area contributed by atoms with E-state index in [0.29, 0.717) is 18.0 Å². The topological polar surface area (TPSA) is 72.7 Å². The number of carbonyl (C=O) groups is 1. The van der Waals surface area contributed by atoms with E-state index in [1.807, 2.05) is 48.5 Å². The van der Waals surface area contributed by atoms with Crippen molar-refractivity contribution in [2.75, 3.05) is 25.8 Å². The predicted octanol–water partition coefficient (Wildman–Crippen LogP) is 3.98.